The smallest absolute Gasteiger partial charge is 0.295 e. The van der Waals surface area contributed by atoms with Crippen molar-refractivity contribution in [3.8, 4) is 11.6 Å². The molecule has 2 amide bonds. The van der Waals surface area contributed by atoms with E-state index in [2.05, 4.69) is 26.4 Å². The van der Waals surface area contributed by atoms with Crippen molar-refractivity contribution in [2.75, 3.05) is 33.3 Å². The van der Waals surface area contributed by atoms with Gasteiger partial charge >= 0.3 is 0 Å². The third kappa shape index (κ3) is 5.99. The number of aromatic amines is 1. The number of benzene rings is 1. The zero-order valence-corrected chi connectivity index (χ0v) is 24.7. The molecule has 1 saturated heterocycles. The molecular weight excluding hydrogens is 563 g/mol. The van der Waals surface area contributed by atoms with Gasteiger partial charge in [-0.2, -0.15) is 0 Å². The first kappa shape index (κ1) is 30.8. The number of hydrogen-bond donors (Lipinski definition) is 1. The number of nitrogens with zero attached hydrogens (tertiary/aromatic N) is 6. The molecule has 1 aromatic carbocycles. The first-order valence-electron chi connectivity index (χ1n) is 11.6. The summed E-state index contributed by atoms with van der Waals surface area (Å²) in [6.45, 7) is 5.23. The molecule has 0 saturated carbocycles. The van der Waals surface area contributed by atoms with E-state index >= 15 is 0 Å². The molecule has 1 radical (unpaired) electrons. The molecule has 11 nitrogen and oxygen atoms in total. The predicted octanol–water partition coefficient (Wildman–Crippen LogP) is 2.84. The summed E-state index contributed by atoms with van der Waals surface area (Å²) in [5.41, 5.74) is 1.25. The van der Waals surface area contributed by atoms with Crippen LogP contribution in [-0.2, 0) is 37.5 Å². The van der Waals surface area contributed by atoms with Crippen LogP contribution in [0.1, 0.15) is 36.0 Å². The zero-order chi connectivity index (χ0) is 25.7. The van der Waals surface area contributed by atoms with Crippen molar-refractivity contribution in [1.82, 2.24) is 34.5 Å². The van der Waals surface area contributed by atoms with Crippen molar-refractivity contribution in [2.45, 2.75) is 13.8 Å². The SMILES string of the molecule is CC.COc1cnc(-n2cn[c-]n2)c2[nH]cc(C(=O)C(=O)N3CCN(C(=O)c4ccccc4)CC3)c12.[CH3-].[HH].[Y]. The number of Topliss-reactive ketones (excluding diaryl/α,β-unsaturated/α-hetero) is 1. The number of ether oxygens (including phenoxy) is 1. The number of carbonyl (C=O) groups excluding carboxylic acids is 3. The van der Waals surface area contributed by atoms with Crippen LogP contribution < -0.4 is 4.74 Å². The summed E-state index contributed by atoms with van der Waals surface area (Å²) in [6, 6.07) is 8.98. The molecule has 3 aromatic heterocycles. The number of fused-ring (bicyclic) bond motifs is 1. The Labute approximate surface area is 247 Å². The van der Waals surface area contributed by atoms with Crippen LogP contribution in [0.4, 0.5) is 0 Å². The number of ketones is 1. The number of amides is 2. The number of rotatable bonds is 5. The second-order valence-electron chi connectivity index (χ2n) is 7.67. The van der Waals surface area contributed by atoms with Gasteiger partial charge in [-0.25, -0.2) is 4.98 Å². The Morgan fingerprint density at radius 1 is 1.05 bits per heavy atom. The van der Waals surface area contributed by atoms with Crippen molar-refractivity contribution in [3.63, 3.8) is 0 Å². The van der Waals surface area contributed by atoms with E-state index in [1.807, 2.05) is 32.0 Å². The predicted molar refractivity (Wildman–Crippen MR) is 140 cm³/mol. The van der Waals surface area contributed by atoms with Gasteiger partial charge < -0.3 is 36.6 Å². The zero-order valence-electron chi connectivity index (χ0n) is 21.8. The van der Waals surface area contributed by atoms with Crippen LogP contribution in [0.3, 0.4) is 0 Å². The number of hydrogen-bond acceptors (Lipinski definition) is 7. The summed E-state index contributed by atoms with van der Waals surface area (Å²) in [5.74, 6) is -0.662. The van der Waals surface area contributed by atoms with Crippen LogP contribution in [0, 0.1) is 13.8 Å². The number of nitrogens with one attached hydrogen (secondary N) is 1. The molecule has 12 heteroatoms. The van der Waals surface area contributed by atoms with Crippen molar-refractivity contribution >= 4 is 28.5 Å². The van der Waals surface area contributed by atoms with E-state index in [0.717, 1.165) is 0 Å². The Bertz CT molecular complexity index is 1370. The van der Waals surface area contributed by atoms with Crippen LogP contribution in [0.5, 0.6) is 5.75 Å². The molecule has 1 aliphatic heterocycles. The summed E-state index contributed by atoms with van der Waals surface area (Å²) in [4.78, 5) is 53.2. The Hall–Kier alpha value is -3.44. The van der Waals surface area contributed by atoms with Gasteiger partial charge in [0.25, 0.3) is 17.6 Å². The number of methoxy groups -OCH3 is 1. The second kappa shape index (κ2) is 13.9. The topological polar surface area (TPSA) is 126 Å². The Morgan fingerprint density at radius 3 is 2.32 bits per heavy atom. The quantitative estimate of drug-likeness (QED) is 0.214. The number of pyridine rings is 1. The second-order valence-corrected chi connectivity index (χ2v) is 7.67. The largest absolute Gasteiger partial charge is 0.494 e. The van der Waals surface area contributed by atoms with Gasteiger partial charge in [0.05, 0.1) is 29.8 Å². The van der Waals surface area contributed by atoms with Crippen molar-refractivity contribution in [3.05, 3.63) is 73.9 Å². The third-order valence-corrected chi connectivity index (χ3v) is 5.78. The van der Waals surface area contributed by atoms with E-state index in [1.165, 1.54) is 35.4 Å². The Balaban J connectivity index is 0.00000149. The van der Waals surface area contributed by atoms with Crippen LogP contribution in [0.15, 0.2) is 49.1 Å². The monoisotopic (exact) mass is 594 g/mol. The maximum atomic E-state index is 13.2. The van der Waals surface area contributed by atoms with Gasteiger partial charge in [0, 0.05) is 72.1 Å². The van der Waals surface area contributed by atoms with Crippen molar-refractivity contribution < 1.29 is 53.3 Å². The minimum absolute atomic E-state index is 0. The van der Waals surface area contributed by atoms with Gasteiger partial charge in [0.1, 0.15) is 5.75 Å². The van der Waals surface area contributed by atoms with Gasteiger partial charge in [-0.15, -0.1) is 0 Å². The molecule has 0 spiro atoms. The minimum atomic E-state index is -0.672. The molecule has 1 fully saturated rings. The molecular formula is C26H31N7O4Y-2. The van der Waals surface area contributed by atoms with Crippen LogP contribution >= 0.6 is 0 Å². The van der Waals surface area contributed by atoms with Gasteiger partial charge in [-0.3, -0.25) is 19.5 Å². The van der Waals surface area contributed by atoms with E-state index in [0.29, 0.717) is 41.1 Å². The first-order valence-corrected chi connectivity index (χ1v) is 11.6. The summed E-state index contributed by atoms with van der Waals surface area (Å²) in [5, 5.41) is 4.39. The summed E-state index contributed by atoms with van der Waals surface area (Å²) < 4.78 is 6.80. The van der Waals surface area contributed by atoms with E-state index < -0.39 is 11.7 Å². The third-order valence-electron chi connectivity index (χ3n) is 5.78. The summed E-state index contributed by atoms with van der Waals surface area (Å²) in [6.07, 6.45) is 6.81. The van der Waals surface area contributed by atoms with E-state index in [4.69, 9.17) is 4.74 Å². The molecule has 0 aliphatic carbocycles. The van der Waals surface area contributed by atoms with Gasteiger partial charge in [-0.1, -0.05) is 32.0 Å². The van der Waals surface area contributed by atoms with Crippen molar-refractivity contribution in [1.29, 1.82) is 0 Å². The Kier molecular flexibility index (Phi) is 11.3. The molecule has 4 aromatic rings. The van der Waals surface area contributed by atoms with Crippen LogP contribution in [0.25, 0.3) is 16.7 Å². The van der Waals surface area contributed by atoms with E-state index in [1.54, 1.807) is 17.0 Å². The normalized spacial score (nSPS) is 12.5. The number of aromatic nitrogens is 5. The number of H-pyrrole nitrogens is 1. The molecule has 0 unspecified atom stereocenters. The molecule has 1 aliphatic rings. The fraction of sp³-hybridized carbons (Fsp3) is 0.269. The number of carbonyl (C=O) groups is 3. The standard InChI is InChI=1S/C23H20N7O4.C2H6.CH3.Y.H2/c1-34-17-12-26-21(30-14-24-13-27-30)19-18(17)16(11-25-19)20(31)23(33)29-9-7-28(8-10-29)22(32)15-5-3-2-4-6-15;1-2;;;/h2-6,11-12,14,25H,7-10H2,1H3;1-2H3;1H3;;1H/q-1;;-1;;. The maximum Gasteiger partial charge on any atom is 0.295 e. The van der Waals surface area contributed by atoms with E-state index in [9.17, 15) is 14.4 Å². The minimum Gasteiger partial charge on any atom is -0.494 e. The number of piperazine rings is 1. The molecule has 5 rings (SSSR count). The Morgan fingerprint density at radius 2 is 1.71 bits per heavy atom. The van der Waals surface area contributed by atoms with E-state index in [-0.39, 0.29) is 66.1 Å². The first-order chi connectivity index (χ1) is 17.6. The van der Waals surface area contributed by atoms with Crippen molar-refractivity contribution in [2.24, 2.45) is 0 Å². The fourth-order valence-corrected chi connectivity index (χ4v) is 4.03. The van der Waals surface area contributed by atoms with Crippen LogP contribution in [-0.4, -0.2) is 85.4 Å². The average Bonchev–Trinajstić information content (AvgIpc) is 3.64. The molecule has 0 atom stereocenters. The molecule has 1 N–H and O–H groups in total. The fourth-order valence-electron chi connectivity index (χ4n) is 4.03. The molecule has 38 heavy (non-hydrogen) atoms. The van der Waals surface area contributed by atoms with Gasteiger partial charge in [0.2, 0.25) is 0 Å². The average molecular weight is 594 g/mol. The molecule has 199 valence electrons. The van der Waals surface area contributed by atoms with Crippen LogP contribution in [0.2, 0.25) is 0 Å². The maximum absolute atomic E-state index is 13.2. The summed E-state index contributed by atoms with van der Waals surface area (Å²) >= 11 is 0. The molecule has 4 heterocycles. The summed E-state index contributed by atoms with van der Waals surface area (Å²) in [7, 11) is 1.46. The van der Waals surface area contributed by atoms with Gasteiger partial charge in [0.15, 0.2) is 5.82 Å². The molecule has 0 bridgehead atoms. The van der Waals surface area contributed by atoms with Gasteiger partial charge in [-0.05, 0) is 24.8 Å².